The summed E-state index contributed by atoms with van der Waals surface area (Å²) >= 11 is 0. The number of amides is 1. The molecule has 0 saturated carbocycles. The highest BCUT2D eigenvalue weighted by molar-refractivity contribution is 5.95. The van der Waals surface area contributed by atoms with E-state index in [1.165, 1.54) is 0 Å². The number of benzene rings is 2. The van der Waals surface area contributed by atoms with E-state index in [0.29, 0.717) is 23.4 Å². The van der Waals surface area contributed by atoms with Gasteiger partial charge in [0.1, 0.15) is 0 Å². The molecule has 206 valence electrons. The van der Waals surface area contributed by atoms with Crippen LogP contribution >= 0.6 is 0 Å². The molecule has 39 heavy (non-hydrogen) atoms. The number of nitrogens with zero attached hydrogens (tertiary/aromatic N) is 2. The lowest BCUT2D eigenvalue weighted by molar-refractivity contribution is -0.160. The number of pyridine rings is 1. The normalized spacial score (nSPS) is 15.4. The minimum absolute atomic E-state index is 0.115. The molecule has 3 aromatic rings. The van der Waals surface area contributed by atoms with E-state index in [-0.39, 0.29) is 11.3 Å². The summed E-state index contributed by atoms with van der Waals surface area (Å²) in [5.74, 6) is -1.20. The smallest absolute Gasteiger partial charge is 0.337 e. The van der Waals surface area contributed by atoms with Crippen molar-refractivity contribution >= 4 is 17.6 Å². The van der Waals surface area contributed by atoms with Crippen molar-refractivity contribution in [1.29, 1.82) is 0 Å². The third kappa shape index (κ3) is 6.48. The van der Waals surface area contributed by atoms with Crippen molar-refractivity contribution < 1.29 is 19.4 Å². The molecule has 0 bridgehead atoms. The van der Waals surface area contributed by atoms with Crippen molar-refractivity contribution in [3.63, 3.8) is 0 Å². The highest BCUT2D eigenvalue weighted by Gasteiger charge is 2.41. The Bertz CT molecular complexity index is 1350. The van der Waals surface area contributed by atoms with Gasteiger partial charge in [-0.2, -0.15) is 0 Å². The van der Waals surface area contributed by atoms with Crippen molar-refractivity contribution in [1.82, 2.24) is 10.3 Å². The number of ether oxygens (including phenoxy) is 1. The number of carboxylic acid groups (broad SMARTS) is 1. The number of nitrogens with one attached hydrogen (secondary N) is 1. The molecule has 1 aliphatic rings. The molecule has 2 aromatic carbocycles. The first-order valence-electron chi connectivity index (χ1n) is 13.3. The number of carbonyl (C=O) groups is 2. The number of carboxylic acids is 1. The molecule has 1 aromatic heterocycles. The molecule has 7 nitrogen and oxygen atoms in total. The SMILES string of the molecule is Cc1nc(C)c(C(OC(C)(C)C)C(=O)O)c(N2CC(C)(C)C2)c1-c1ccc(C(=O)NCc2ccccc2)cc1. The summed E-state index contributed by atoms with van der Waals surface area (Å²) < 4.78 is 6.10. The van der Waals surface area contributed by atoms with E-state index >= 15 is 0 Å². The predicted octanol–water partition coefficient (Wildman–Crippen LogP) is 6.08. The number of hydrogen-bond donors (Lipinski definition) is 2. The summed E-state index contributed by atoms with van der Waals surface area (Å²) in [4.78, 5) is 32.4. The molecule has 4 rings (SSSR count). The molecule has 2 heterocycles. The van der Waals surface area contributed by atoms with Gasteiger partial charge in [-0.1, -0.05) is 56.3 Å². The van der Waals surface area contributed by atoms with Crippen LogP contribution < -0.4 is 10.2 Å². The van der Waals surface area contributed by atoms with Gasteiger partial charge in [-0.25, -0.2) is 4.79 Å². The maximum absolute atomic E-state index is 12.8. The second-order valence-electron chi connectivity index (χ2n) is 12.1. The Balaban J connectivity index is 1.75. The molecule has 1 aliphatic heterocycles. The molecule has 1 fully saturated rings. The van der Waals surface area contributed by atoms with E-state index < -0.39 is 17.7 Å². The number of carbonyl (C=O) groups excluding carboxylic acids is 1. The van der Waals surface area contributed by atoms with Crippen molar-refractivity contribution in [2.24, 2.45) is 5.41 Å². The third-order valence-corrected chi connectivity index (χ3v) is 6.82. The number of hydrogen-bond acceptors (Lipinski definition) is 5. The van der Waals surface area contributed by atoms with E-state index in [4.69, 9.17) is 9.72 Å². The van der Waals surface area contributed by atoms with Gasteiger partial charge in [-0.05, 0) is 63.3 Å². The molecule has 1 unspecified atom stereocenters. The van der Waals surface area contributed by atoms with Crippen LogP contribution in [0.25, 0.3) is 11.1 Å². The molecular formula is C32H39N3O4. The van der Waals surface area contributed by atoms with Crippen LogP contribution in [0.1, 0.15) is 73.6 Å². The molecule has 0 aliphatic carbocycles. The number of aliphatic carboxylic acids is 1. The molecule has 2 N–H and O–H groups in total. The summed E-state index contributed by atoms with van der Waals surface area (Å²) in [5.41, 5.74) is 5.65. The highest BCUT2D eigenvalue weighted by Crippen LogP contribution is 2.46. The Morgan fingerprint density at radius 3 is 2.18 bits per heavy atom. The van der Waals surface area contributed by atoms with Gasteiger partial charge in [0.05, 0.1) is 11.3 Å². The van der Waals surface area contributed by atoms with Crippen LogP contribution in [0.3, 0.4) is 0 Å². The van der Waals surface area contributed by atoms with Gasteiger partial charge in [-0.3, -0.25) is 9.78 Å². The van der Waals surface area contributed by atoms with E-state index in [2.05, 4.69) is 24.1 Å². The fourth-order valence-corrected chi connectivity index (χ4v) is 5.23. The average molecular weight is 530 g/mol. The highest BCUT2D eigenvalue weighted by atomic mass is 16.5. The van der Waals surface area contributed by atoms with Crippen molar-refractivity contribution in [2.75, 3.05) is 18.0 Å². The van der Waals surface area contributed by atoms with Gasteiger partial charge in [0.25, 0.3) is 5.91 Å². The second kappa shape index (κ2) is 10.8. The fraction of sp³-hybridized carbons (Fsp3) is 0.406. The van der Waals surface area contributed by atoms with Gasteiger partial charge >= 0.3 is 5.97 Å². The molecule has 1 amide bonds. The second-order valence-corrected chi connectivity index (χ2v) is 12.1. The van der Waals surface area contributed by atoms with Crippen LogP contribution in [0.15, 0.2) is 54.6 Å². The van der Waals surface area contributed by atoms with Gasteiger partial charge < -0.3 is 20.1 Å². The van der Waals surface area contributed by atoms with Crippen LogP contribution in [0.4, 0.5) is 5.69 Å². The monoisotopic (exact) mass is 529 g/mol. The first-order valence-corrected chi connectivity index (χ1v) is 13.3. The number of rotatable bonds is 8. The van der Waals surface area contributed by atoms with E-state index in [1.807, 2.05) is 77.1 Å². The maximum Gasteiger partial charge on any atom is 0.337 e. The Morgan fingerprint density at radius 2 is 1.64 bits per heavy atom. The quantitative estimate of drug-likeness (QED) is 0.367. The topological polar surface area (TPSA) is 91.8 Å². The van der Waals surface area contributed by atoms with Gasteiger partial charge in [-0.15, -0.1) is 0 Å². The third-order valence-electron chi connectivity index (χ3n) is 6.82. The molecule has 7 heteroatoms. The van der Waals surface area contributed by atoms with Crippen LogP contribution in [-0.4, -0.2) is 40.7 Å². The standard InChI is InChI=1S/C32H39N3O4/c1-20-25(23-13-15-24(16-14-23)29(36)33-17-22-11-9-8-10-12-22)27(35-18-32(6,7)19-35)26(21(2)34-20)28(30(37)38)39-31(3,4)5/h8-16,28H,17-19H2,1-7H3,(H,33,36)(H,37,38). The van der Waals surface area contributed by atoms with Crippen molar-refractivity contribution in [3.8, 4) is 11.1 Å². The number of aromatic nitrogens is 1. The van der Waals surface area contributed by atoms with Crippen molar-refractivity contribution in [3.05, 3.63) is 82.7 Å². The minimum Gasteiger partial charge on any atom is -0.479 e. The molecule has 1 saturated heterocycles. The Labute approximate surface area is 231 Å². The molecule has 0 radical (unpaired) electrons. The Morgan fingerprint density at radius 1 is 1.03 bits per heavy atom. The summed E-state index contributed by atoms with van der Waals surface area (Å²) in [6.45, 7) is 15.8. The molecule has 1 atom stereocenters. The minimum atomic E-state index is -1.17. The average Bonchev–Trinajstić information content (AvgIpc) is 2.84. The largest absolute Gasteiger partial charge is 0.479 e. The number of aryl methyl sites for hydroxylation is 2. The van der Waals surface area contributed by atoms with Gasteiger partial charge in [0.15, 0.2) is 6.10 Å². The first kappa shape index (κ1) is 28.3. The summed E-state index contributed by atoms with van der Waals surface area (Å²) in [6.07, 6.45) is -1.17. The summed E-state index contributed by atoms with van der Waals surface area (Å²) in [7, 11) is 0. The zero-order chi connectivity index (χ0) is 28.5. The number of anilines is 1. The zero-order valence-corrected chi connectivity index (χ0v) is 24.0. The van der Waals surface area contributed by atoms with Crippen LogP contribution in [-0.2, 0) is 16.1 Å². The first-order chi connectivity index (χ1) is 18.3. The van der Waals surface area contributed by atoms with Gasteiger partial charge in [0.2, 0.25) is 0 Å². The summed E-state index contributed by atoms with van der Waals surface area (Å²) in [5, 5.41) is 13.2. The van der Waals surface area contributed by atoms with Gasteiger partial charge in [0, 0.05) is 47.7 Å². The fourth-order valence-electron chi connectivity index (χ4n) is 5.23. The molecular weight excluding hydrogens is 490 g/mol. The van der Waals surface area contributed by atoms with Crippen LogP contribution in [0.5, 0.6) is 0 Å². The van der Waals surface area contributed by atoms with E-state index in [1.54, 1.807) is 12.1 Å². The van der Waals surface area contributed by atoms with Crippen LogP contribution in [0, 0.1) is 19.3 Å². The lowest BCUT2D eigenvalue weighted by Gasteiger charge is -2.49. The van der Waals surface area contributed by atoms with E-state index in [9.17, 15) is 14.7 Å². The lowest BCUT2D eigenvalue weighted by atomic mass is 9.81. The Kier molecular flexibility index (Phi) is 7.84. The van der Waals surface area contributed by atoms with E-state index in [0.717, 1.165) is 41.2 Å². The lowest BCUT2D eigenvalue weighted by Crippen LogP contribution is -2.54. The zero-order valence-electron chi connectivity index (χ0n) is 24.0. The predicted molar refractivity (Wildman–Crippen MR) is 154 cm³/mol. The van der Waals surface area contributed by atoms with Crippen molar-refractivity contribution in [2.45, 2.75) is 66.7 Å². The summed E-state index contributed by atoms with van der Waals surface area (Å²) in [6, 6.07) is 17.2. The Hall–Kier alpha value is -3.71. The molecule has 0 spiro atoms. The van der Waals surface area contributed by atoms with Crippen LogP contribution in [0.2, 0.25) is 0 Å². The maximum atomic E-state index is 12.8.